The van der Waals surface area contributed by atoms with Crippen LogP contribution in [0, 0.1) is 6.92 Å². The van der Waals surface area contributed by atoms with Crippen LogP contribution in [-0.4, -0.2) is 58.7 Å². The number of aromatic nitrogens is 4. The van der Waals surface area contributed by atoms with Crippen LogP contribution in [0.1, 0.15) is 22.5 Å². The van der Waals surface area contributed by atoms with Crippen LogP contribution >= 0.6 is 22.9 Å². The highest BCUT2D eigenvalue weighted by molar-refractivity contribution is 7.17. The highest BCUT2D eigenvalue weighted by Gasteiger charge is 2.36. The molecule has 1 aliphatic rings. The molecule has 12 heteroatoms. The van der Waals surface area contributed by atoms with Crippen molar-refractivity contribution >= 4 is 34.0 Å². The van der Waals surface area contributed by atoms with Gasteiger partial charge in [-0.2, -0.15) is 0 Å². The fraction of sp³-hybridized carbons (Fsp3) is 0.350. The largest absolute Gasteiger partial charge is 0.494 e. The van der Waals surface area contributed by atoms with E-state index in [1.54, 1.807) is 12.1 Å². The van der Waals surface area contributed by atoms with E-state index in [1.807, 2.05) is 6.92 Å². The Morgan fingerprint density at radius 1 is 1.31 bits per heavy atom. The van der Waals surface area contributed by atoms with Crippen molar-refractivity contribution in [2.24, 2.45) is 0 Å². The molecule has 4 heterocycles. The third kappa shape index (κ3) is 4.95. The maximum atomic E-state index is 14.4. The lowest BCUT2D eigenvalue weighted by atomic mass is 10.0. The number of amides is 1. The number of halogens is 2. The van der Waals surface area contributed by atoms with Gasteiger partial charge < -0.3 is 14.2 Å². The highest BCUT2D eigenvalue weighted by Crippen LogP contribution is 2.34. The van der Waals surface area contributed by atoms with Gasteiger partial charge in [-0.1, -0.05) is 16.7 Å². The molecule has 0 aliphatic carbocycles. The molecule has 0 radical (unpaired) electrons. The van der Waals surface area contributed by atoms with Gasteiger partial charge in [0.2, 0.25) is 5.13 Å². The van der Waals surface area contributed by atoms with Gasteiger partial charge in [0.1, 0.15) is 17.5 Å². The molecular formula is C20H19ClFN5O4S. The molecule has 0 bridgehead atoms. The minimum atomic E-state index is -1.54. The zero-order chi connectivity index (χ0) is 22.7. The first-order valence-corrected chi connectivity index (χ1v) is 10.8. The summed E-state index contributed by atoms with van der Waals surface area (Å²) in [5, 5.41) is 11.0. The highest BCUT2D eigenvalue weighted by atomic mass is 35.5. The Labute approximate surface area is 191 Å². The first-order valence-electron chi connectivity index (χ1n) is 9.58. The second kappa shape index (κ2) is 9.31. The van der Waals surface area contributed by atoms with Crippen molar-refractivity contribution in [2.75, 3.05) is 32.2 Å². The van der Waals surface area contributed by atoms with Gasteiger partial charge in [-0.3, -0.25) is 15.1 Å². The number of carbonyl (C=O) groups is 1. The molecule has 4 rings (SSSR count). The maximum absolute atomic E-state index is 14.4. The van der Waals surface area contributed by atoms with Crippen molar-refractivity contribution in [1.29, 1.82) is 0 Å². The van der Waals surface area contributed by atoms with E-state index in [9.17, 15) is 9.18 Å². The monoisotopic (exact) mass is 479 g/mol. The first-order chi connectivity index (χ1) is 15.4. The molecule has 1 saturated heterocycles. The lowest BCUT2D eigenvalue weighted by Crippen LogP contribution is -2.31. The number of methoxy groups -OCH3 is 1. The fourth-order valence-electron chi connectivity index (χ4n) is 3.12. The van der Waals surface area contributed by atoms with Crippen LogP contribution in [-0.2, 0) is 4.74 Å². The van der Waals surface area contributed by atoms with Gasteiger partial charge in [-0.15, -0.1) is 5.10 Å². The van der Waals surface area contributed by atoms with Crippen molar-refractivity contribution < 1.29 is 23.4 Å². The summed E-state index contributed by atoms with van der Waals surface area (Å²) in [4.78, 5) is 21.3. The second-order valence-corrected chi connectivity index (χ2v) is 8.48. The van der Waals surface area contributed by atoms with Crippen molar-refractivity contribution in [3.8, 4) is 22.1 Å². The van der Waals surface area contributed by atoms with Gasteiger partial charge in [0, 0.05) is 36.0 Å². The molecule has 0 spiro atoms. The van der Waals surface area contributed by atoms with Crippen molar-refractivity contribution in [3.05, 3.63) is 40.9 Å². The van der Waals surface area contributed by atoms with Crippen LogP contribution in [0.2, 0.25) is 5.15 Å². The van der Waals surface area contributed by atoms with E-state index >= 15 is 0 Å². The van der Waals surface area contributed by atoms with Crippen molar-refractivity contribution in [1.82, 2.24) is 20.2 Å². The predicted molar refractivity (Wildman–Crippen MR) is 116 cm³/mol. The quantitative estimate of drug-likeness (QED) is 0.511. The zero-order valence-corrected chi connectivity index (χ0v) is 18.8. The Hall–Kier alpha value is -2.89. The number of aryl methyl sites for hydroxylation is 1. The van der Waals surface area contributed by atoms with Crippen LogP contribution in [0.4, 0.5) is 9.52 Å². The predicted octanol–water partition coefficient (Wildman–Crippen LogP) is 3.73. The Bertz CT molecular complexity index is 1140. The number of nitrogens with one attached hydrogen (secondary N) is 1. The maximum Gasteiger partial charge on any atom is 0.295 e. The molecule has 1 atom stereocenters. The number of alkyl halides is 1. The third-order valence-corrected chi connectivity index (χ3v) is 5.72. The lowest BCUT2D eigenvalue weighted by Gasteiger charge is -2.15. The summed E-state index contributed by atoms with van der Waals surface area (Å²) in [6, 6.07) is 3.37. The molecule has 1 N–H and O–H groups in total. The number of anilines is 1. The molecule has 32 heavy (non-hydrogen) atoms. The summed E-state index contributed by atoms with van der Waals surface area (Å²) >= 11 is 7.06. The van der Waals surface area contributed by atoms with Crippen molar-refractivity contribution in [3.63, 3.8) is 0 Å². The van der Waals surface area contributed by atoms with Crippen molar-refractivity contribution in [2.45, 2.75) is 19.0 Å². The van der Waals surface area contributed by atoms with Gasteiger partial charge >= 0.3 is 0 Å². The minimum absolute atomic E-state index is 0.0128. The second-order valence-electron chi connectivity index (χ2n) is 7.15. The Balaban J connectivity index is 1.54. The van der Waals surface area contributed by atoms with Gasteiger partial charge in [0.15, 0.2) is 5.67 Å². The van der Waals surface area contributed by atoms with E-state index in [0.717, 1.165) is 11.3 Å². The van der Waals surface area contributed by atoms with E-state index in [1.165, 1.54) is 19.5 Å². The first kappa shape index (κ1) is 22.3. The number of hydrogen-bond acceptors (Lipinski definition) is 9. The van der Waals surface area contributed by atoms with E-state index in [2.05, 4.69) is 25.5 Å². The van der Waals surface area contributed by atoms with Gasteiger partial charge in [-0.25, -0.2) is 9.37 Å². The molecule has 0 aromatic carbocycles. The number of nitrogens with zero attached hydrogens (tertiary/aromatic N) is 4. The average Bonchev–Trinajstić information content (AvgIpc) is 3.41. The third-order valence-electron chi connectivity index (χ3n) is 4.77. The van der Waals surface area contributed by atoms with Crippen LogP contribution in [0.25, 0.3) is 11.1 Å². The molecule has 0 saturated carbocycles. The summed E-state index contributed by atoms with van der Waals surface area (Å²) in [5.74, 6) is -0.00645. The normalized spacial score (nSPS) is 17.9. The summed E-state index contributed by atoms with van der Waals surface area (Å²) < 4.78 is 30.2. The Morgan fingerprint density at radius 2 is 2.16 bits per heavy atom. The topological polar surface area (TPSA) is 108 Å². The molecule has 9 nitrogen and oxygen atoms in total. The minimum Gasteiger partial charge on any atom is -0.494 e. The summed E-state index contributed by atoms with van der Waals surface area (Å²) in [6.07, 6.45) is 3.21. The molecule has 1 fully saturated rings. The van der Waals surface area contributed by atoms with E-state index in [0.29, 0.717) is 29.2 Å². The van der Waals surface area contributed by atoms with E-state index in [4.69, 9.17) is 25.8 Å². The number of pyridine rings is 2. The number of carbonyl (C=O) groups excluding carboxylic acids is 1. The van der Waals surface area contributed by atoms with E-state index in [-0.39, 0.29) is 40.7 Å². The summed E-state index contributed by atoms with van der Waals surface area (Å²) in [5.41, 5.74) is 0.602. The number of ether oxygens (including phenoxy) is 3. The fourth-order valence-corrected chi connectivity index (χ4v) is 3.87. The van der Waals surface area contributed by atoms with E-state index < -0.39 is 11.6 Å². The standard InChI is InChI=1S/C20H19ClFN5O4S/c1-11-5-12(13-6-16(21)24-8-15(13)29-2)14(7-23-11)17(28)25-18-26-27-19(32-18)31-10-20(22)3-4-30-9-20/h5-8H,3-4,9-10H2,1-2H3,(H,25,26,28). The smallest absolute Gasteiger partial charge is 0.295 e. The molecule has 1 unspecified atom stereocenters. The van der Waals surface area contributed by atoms with Gasteiger partial charge in [0.25, 0.3) is 11.1 Å². The summed E-state index contributed by atoms with van der Waals surface area (Å²) in [6.45, 7) is 1.96. The van der Waals surface area contributed by atoms with Crippen LogP contribution in [0.15, 0.2) is 24.5 Å². The molecular weight excluding hydrogens is 461 g/mol. The Kier molecular flexibility index (Phi) is 6.49. The van der Waals surface area contributed by atoms with Crippen LogP contribution in [0.5, 0.6) is 10.9 Å². The lowest BCUT2D eigenvalue weighted by molar-refractivity contribution is 0.0639. The van der Waals surface area contributed by atoms with Crippen LogP contribution in [0.3, 0.4) is 0 Å². The molecule has 1 amide bonds. The molecule has 168 valence electrons. The molecule has 3 aromatic rings. The number of hydrogen-bond donors (Lipinski definition) is 1. The van der Waals surface area contributed by atoms with Gasteiger partial charge in [-0.05, 0) is 30.4 Å². The molecule has 3 aromatic heterocycles. The zero-order valence-electron chi connectivity index (χ0n) is 17.2. The number of rotatable bonds is 7. The molecule has 1 aliphatic heterocycles. The average molecular weight is 480 g/mol. The van der Waals surface area contributed by atoms with Gasteiger partial charge in [0.05, 0.1) is 25.5 Å². The Morgan fingerprint density at radius 3 is 2.91 bits per heavy atom. The van der Waals surface area contributed by atoms with Crippen LogP contribution < -0.4 is 14.8 Å². The SMILES string of the molecule is COc1cnc(Cl)cc1-c1cc(C)ncc1C(=O)Nc1nnc(OCC2(F)CCOC2)s1. The summed E-state index contributed by atoms with van der Waals surface area (Å²) in [7, 11) is 1.50.